The molecule has 2 aromatic rings. The number of benzene rings is 1. The van der Waals surface area contributed by atoms with E-state index in [0.29, 0.717) is 17.4 Å². The van der Waals surface area contributed by atoms with Crippen molar-refractivity contribution < 1.29 is 4.74 Å². The first-order chi connectivity index (χ1) is 11.7. The molecule has 0 amide bonds. The van der Waals surface area contributed by atoms with Gasteiger partial charge in [-0.3, -0.25) is 4.98 Å². The number of anilines is 2. The van der Waals surface area contributed by atoms with E-state index < -0.39 is 0 Å². The Morgan fingerprint density at radius 2 is 2.12 bits per heavy atom. The van der Waals surface area contributed by atoms with Crippen LogP contribution in [0.4, 0.5) is 11.5 Å². The molecule has 24 heavy (non-hydrogen) atoms. The summed E-state index contributed by atoms with van der Waals surface area (Å²) in [6, 6.07) is 10.2. The van der Waals surface area contributed by atoms with E-state index in [1.165, 1.54) is 11.8 Å². The predicted octanol–water partition coefficient (Wildman–Crippen LogP) is 2.74. The van der Waals surface area contributed by atoms with Crippen molar-refractivity contribution in [1.82, 2.24) is 9.97 Å². The maximum absolute atomic E-state index is 8.85. The average Bonchev–Trinajstić information content (AvgIpc) is 2.61. The quantitative estimate of drug-likeness (QED) is 0.878. The molecular formula is C18H21N5O. The van der Waals surface area contributed by atoms with Crippen molar-refractivity contribution in [2.24, 2.45) is 11.7 Å². The molecule has 0 radical (unpaired) electrons. The zero-order valence-corrected chi connectivity index (χ0v) is 13.5. The maximum atomic E-state index is 8.85. The van der Waals surface area contributed by atoms with E-state index in [0.717, 1.165) is 38.0 Å². The van der Waals surface area contributed by atoms with Crippen LogP contribution in [0.1, 0.15) is 30.5 Å². The summed E-state index contributed by atoms with van der Waals surface area (Å²) in [5.41, 5.74) is 8.37. The number of rotatable bonds is 5. The third-order valence-corrected chi connectivity index (χ3v) is 4.24. The summed E-state index contributed by atoms with van der Waals surface area (Å²) < 4.78 is 5.39. The fraction of sp³-hybridized carbons (Fsp3) is 0.389. The maximum Gasteiger partial charge on any atom is 0.161 e. The van der Waals surface area contributed by atoms with Crippen molar-refractivity contribution in [3.05, 3.63) is 47.9 Å². The third kappa shape index (κ3) is 4.51. The molecule has 6 heteroatoms. The Labute approximate surface area is 141 Å². The highest BCUT2D eigenvalue weighted by atomic mass is 16.5. The van der Waals surface area contributed by atoms with E-state index in [1.807, 2.05) is 18.2 Å². The van der Waals surface area contributed by atoms with Crippen molar-refractivity contribution in [3.63, 3.8) is 0 Å². The van der Waals surface area contributed by atoms with Gasteiger partial charge in [-0.2, -0.15) is 5.26 Å². The second kappa shape index (κ2) is 7.86. The molecule has 6 nitrogen and oxygen atoms in total. The van der Waals surface area contributed by atoms with Crippen LogP contribution >= 0.6 is 0 Å². The van der Waals surface area contributed by atoms with Crippen LogP contribution in [0.5, 0.6) is 0 Å². The zero-order valence-electron chi connectivity index (χ0n) is 13.5. The first-order valence-electron chi connectivity index (χ1n) is 8.18. The number of nitrogens with one attached hydrogen (secondary N) is 1. The van der Waals surface area contributed by atoms with Gasteiger partial charge in [0.2, 0.25) is 0 Å². The molecule has 1 fully saturated rings. The number of hydrogen-bond donors (Lipinski definition) is 2. The molecule has 2 atom stereocenters. The SMILES string of the molecule is N#Cc1cncc(Nc2ccc(CCC3CCO[C@H](N)C3)cc2)n1. The van der Waals surface area contributed by atoms with E-state index >= 15 is 0 Å². The molecule has 1 saturated heterocycles. The smallest absolute Gasteiger partial charge is 0.161 e. The van der Waals surface area contributed by atoms with Crippen LogP contribution in [0, 0.1) is 17.2 Å². The molecule has 1 aromatic carbocycles. The van der Waals surface area contributed by atoms with Crippen LogP contribution in [-0.4, -0.2) is 22.8 Å². The Balaban J connectivity index is 1.54. The van der Waals surface area contributed by atoms with E-state index in [4.69, 9.17) is 15.7 Å². The normalized spacial score (nSPS) is 20.3. The molecule has 1 aromatic heterocycles. The fourth-order valence-corrected chi connectivity index (χ4v) is 2.92. The third-order valence-electron chi connectivity index (χ3n) is 4.24. The molecule has 0 aliphatic carbocycles. The van der Waals surface area contributed by atoms with Crippen LogP contribution in [-0.2, 0) is 11.2 Å². The van der Waals surface area contributed by atoms with Crippen LogP contribution < -0.4 is 11.1 Å². The van der Waals surface area contributed by atoms with E-state index in [1.54, 1.807) is 6.20 Å². The Morgan fingerprint density at radius 1 is 1.29 bits per heavy atom. The Bertz CT molecular complexity index is 710. The van der Waals surface area contributed by atoms with Crippen molar-refractivity contribution in [2.45, 2.75) is 31.9 Å². The van der Waals surface area contributed by atoms with Gasteiger partial charge in [0, 0.05) is 12.3 Å². The number of nitrogens with two attached hydrogens (primary N) is 1. The lowest BCUT2D eigenvalue weighted by Gasteiger charge is -2.26. The minimum Gasteiger partial charge on any atom is -0.364 e. The number of hydrogen-bond acceptors (Lipinski definition) is 6. The summed E-state index contributed by atoms with van der Waals surface area (Å²) >= 11 is 0. The standard InChI is InChI=1S/C18H21N5O/c19-10-16-11-21-12-18(23-16)22-15-5-3-13(4-6-15)1-2-14-7-8-24-17(20)9-14/h3-6,11-12,14,17H,1-2,7-9,20H2,(H,22,23)/t14?,17-/m0/s1. The first kappa shape index (κ1) is 16.4. The second-order valence-corrected chi connectivity index (χ2v) is 6.06. The van der Waals surface area contributed by atoms with Crippen LogP contribution in [0.2, 0.25) is 0 Å². The topological polar surface area (TPSA) is 96.8 Å². The van der Waals surface area contributed by atoms with Gasteiger partial charge in [-0.25, -0.2) is 4.98 Å². The molecule has 0 bridgehead atoms. The van der Waals surface area contributed by atoms with Crippen molar-refractivity contribution in [2.75, 3.05) is 11.9 Å². The first-order valence-corrected chi connectivity index (χ1v) is 8.18. The van der Waals surface area contributed by atoms with Crippen molar-refractivity contribution in [3.8, 4) is 6.07 Å². The second-order valence-electron chi connectivity index (χ2n) is 6.06. The van der Waals surface area contributed by atoms with E-state index in [2.05, 4.69) is 27.4 Å². The van der Waals surface area contributed by atoms with Gasteiger partial charge in [0.25, 0.3) is 0 Å². The molecule has 3 N–H and O–H groups in total. The van der Waals surface area contributed by atoms with Gasteiger partial charge in [0.1, 0.15) is 18.1 Å². The van der Waals surface area contributed by atoms with Crippen molar-refractivity contribution >= 4 is 11.5 Å². The molecular weight excluding hydrogens is 302 g/mol. The minimum absolute atomic E-state index is 0.0967. The van der Waals surface area contributed by atoms with Crippen LogP contribution in [0.15, 0.2) is 36.7 Å². The summed E-state index contributed by atoms with van der Waals surface area (Å²) in [5.74, 6) is 1.22. The lowest BCUT2D eigenvalue weighted by Crippen LogP contribution is -2.32. The molecule has 0 saturated carbocycles. The highest BCUT2D eigenvalue weighted by Gasteiger charge is 2.19. The average molecular weight is 323 g/mol. The largest absolute Gasteiger partial charge is 0.364 e. The Morgan fingerprint density at radius 3 is 2.88 bits per heavy atom. The number of nitriles is 1. The highest BCUT2D eigenvalue weighted by molar-refractivity contribution is 5.56. The van der Waals surface area contributed by atoms with Gasteiger partial charge in [-0.15, -0.1) is 0 Å². The van der Waals surface area contributed by atoms with Gasteiger partial charge in [-0.05, 0) is 49.3 Å². The monoisotopic (exact) mass is 323 g/mol. The minimum atomic E-state index is -0.0967. The molecule has 1 aliphatic heterocycles. The number of nitrogens with zero attached hydrogens (tertiary/aromatic N) is 3. The zero-order chi connectivity index (χ0) is 16.8. The molecule has 2 heterocycles. The summed E-state index contributed by atoms with van der Waals surface area (Å²) in [4.78, 5) is 8.14. The summed E-state index contributed by atoms with van der Waals surface area (Å²) in [5, 5.41) is 12.0. The van der Waals surface area contributed by atoms with E-state index in [9.17, 15) is 0 Å². The molecule has 1 unspecified atom stereocenters. The summed E-state index contributed by atoms with van der Waals surface area (Å²) in [7, 11) is 0. The van der Waals surface area contributed by atoms with Gasteiger partial charge < -0.3 is 15.8 Å². The summed E-state index contributed by atoms with van der Waals surface area (Å²) in [6.07, 6.45) is 7.18. The van der Waals surface area contributed by atoms with Gasteiger partial charge in [0.15, 0.2) is 5.69 Å². The fourth-order valence-electron chi connectivity index (χ4n) is 2.92. The van der Waals surface area contributed by atoms with Crippen LogP contribution in [0.3, 0.4) is 0 Å². The van der Waals surface area contributed by atoms with Gasteiger partial charge in [-0.1, -0.05) is 12.1 Å². The lowest BCUT2D eigenvalue weighted by atomic mass is 9.92. The predicted molar refractivity (Wildman–Crippen MR) is 91.4 cm³/mol. The van der Waals surface area contributed by atoms with E-state index in [-0.39, 0.29) is 6.23 Å². The highest BCUT2D eigenvalue weighted by Crippen LogP contribution is 2.23. The molecule has 0 spiro atoms. The number of ether oxygens (including phenoxy) is 1. The molecule has 124 valence electrons. The lowest BCUT2D eigenvalue weighted by molar-refractivity contribution is -0.00624. The van der Waals surface area contributed by atoms with Crippen LogP contribution in [0.25, 0.3) is 0 Å². The molecule has 1 aliphatic rings. The summed E-state index contributed by atoms with van der Waals surface area (Å²) in [6.45, 7) is 0.775. The molecule has 3 rings (SSSR count). The number of aryl methyl sites for hydroxylation is 1. The Kier molecular flexibility index (Phi) is 5.36. The van der Waals surface area contributed by atoms with Gasteiger partial charge in [0.05, 0.1) is 12.4 Å². The van der Waals surface area contributed by atoms with Gasteiger partial charge >= 0.3 is 0 Å². The Hall–Kier alpha value is -2.49. The van der Waals surface area contributed by atoms with Crippen molar-refractivity contribution in [1.29, 1.82) is 5.26 Å². The number of aromatic nitrogens is 2.